The van der Waals surface area contributed by atoms with E-state index < -0.39 is 27.5 Å². The molecule has 2 aromatic carbocycles. The van der Waals surface area contributed by atoms with Crippen LogP contribution in [0.1, 0.15) is 46.5 Å². The van der Waals surface area contributed by atoms with Gasteiger partial charge in [0.15, 0.2) is 11.6 Å². The third kappa shape index (κ3) is 8.99. The Morgan fingerprint density at radius 2 is 1.66 bits per heavy atom. The fourth-order valence-corrected chi connectivity index (χ4v) is 6.78. The summed E-state index contributed by atoms with van der Waals surface area (Å²) in [5.74, 6) is -0.861. The van der Waals surface area contributed by atoms with E-state index in [0.717, 1.165) is 31.7 Å². The number of hydrogen-bond donors (Lipinski definition) is 3. The molecule has 0 saturated heterocycles. The maximum Gasteiger partial charge on any atom is 0.407 e. The Balaban J connectivity index is 1.27. The molecule has 0 atom stereocenters. The Hall–Kier alpha value is -4.20. The van der Waals surface area contributed by atoms with Gasteiger partial charge in [-0.2, -0.15) is 0 Å². The van der Waals surface area contributed by atoms with E-state index in [9.17, 15) is 13.2 Å². The first-order chi connectivity index (χ1) is 22.3. The number of pyridine rings is 1. The molecule has 0 spiro atoms. The number of halogens is 3. The van der Waals surface area contributed by atoms with Gasteiger partial charge < -0.3 is 20.1 Å². The van der Waals surface area contributed by atoms with Crippen LogP contribution in [0.5, 0.6) is 11.6 Å². The van der Waals surface area contributed by atoms with Crippen molar-refractivity contribution in [3.8, 4) is 22.9 Å². The predicted octanol–water partition coefficient (Wildman–Crippen LogP) is 7.83. The van der Waals surface area contributed by atoms with Crippen LogP contribution in [0.4, 0.5) is 20.8 Å². The minimum Gasteiger partial charge on any atom is -0.444 e. The molecule has 15 heteroatoms. The molecular formula is C32H33Cl2FN6O5S. The first-order valence-electron chi connectivity index (χ1n) is 14.8. The minimum atomic E-state index is -4.12. The molecule has 1 fully saturated rings. The summed E-state index contributed by atoms with van der Waals surface area (Å²) in [7, 11) is -4.12. The van der Waals surface area contributed by atoms with Gasteiger partial charge in [-0.1, -0.05) is 35.3 Å². The Morgan fingerprint density at radius 3 is 2.36 bits per heavy atom. The number of nitrogens with zero attached hydrogens (tertiary/aromatic N) is 3. The normalized spacial score (nSPS) is 16.6. The van der Waals surface area contributed by atoms with Crippen molar-refractivity contribution in [2.24, 2.45) is 0 Å². The van der Waals surface area contributed by atoms with E-state index in [4.69, 9.17) is 32.7 Å². The number of anilines is 2. The van der Waals surface area contributed by atoms with Gasteiger partial charge in [-0.3, -0.25) is 4.72 Å². The monoisotopic (exact) mass is 702 g/mol. The van der Waals surface area contributed by atoms with Gasteiger partial charge in [0.25, 0.3) is 10.0 Å². The summed E-state index contributed by atoms with van der Waals surface area (Å²) in [6.07, 6.45) is 5.75. The van der Waals surface area contributed by atoms with Crippen molar-refractivity contribution in [1.29, 1.82) is 0 Å². The van der Waals surface area contributed by atoms with E-state index >= 15 is 4.39 Å². The highest BCUT2D eigenvalue weighted by Crippen LogP contribution is 2.38. The molecule has 0 radical (unpaired) electrons. The minimum absolute atomic E-state index is 0.0113. The molecular weight excluding hydrogens is 670 g/mol. The highest BCUT2D eigenvalue weighted by molar-refractivity contribution is 7.92. The quantitative estimate of drug-likeness (QED) is 0.159. The number of rotatable bonds is 9. The van der Waals surface area contributed by atoms with Crippen LogP contribution >= 0.6 is 23.2 Å². The summed E-state index contributed by atoms with van der Waals surface area (Å²) in [6.45, 7) is 5.48. The van der Waals surface area contributed by atoms with Crippen molar-refractivity contribution in [3.63, 3.8) is 0 Å². The molecule has 2 heterocycles. The average Bonchev–Trinajstić information content (AvgIpc) is 2.99. The summed E-state index contributed by atoms with van der Waals surface area (Å²) in [5.41, 5.74) is 0.229. The number of amides is 1. The molecule has 3 N–H and O–H groups in total. The molecule has 0 bridgehead atoms. The highest BCUT2D eigenvalue weighted by atomic mass is 35.5. The van der Waals surface area contributed by atoms with E-state index in [0.29, 0.717) is 17.2 Å². The first-order valence-corrected chi connectivity index (χ1v) is 17.0. The van der Waals surface area contributed by atoms with E-state index in [2.05, 4.69) is 30.3 Å². The summed E-state index contributed by atoms with van der Waals surface area (Å²) in [5, 5.41) is 6.11. The molecule has 1 aliphatic rings. The third-order valence-corrected chi connectivity index (χ3v) is 9.22. The fraction of sp³-hybridized carbons (Fsp3) is 0.312. The van der Waals surface area contributed by atoms with E-state index in [1.807, 2.05) is 20.8 Å². The molecule has 2 aromatic heterocycles. The van der Waals surface area contributed by atoms with Crippen LogP contribution < -0.4 is 20.1 Å². The number of carbonyl (C=O) groups is 1. The topological polar surface area (TPSA) is 144 Å². The smallest absolute Gasteiger partial charge is 0.407 e. The first kappa shape index (κ1) is 34.1. The number of sulfonamides is 1. The lowest BCUT2D eigenvalue weighted by molar-refractivity contribution is 0.0492. The lowest BCUT2D eigenvalue weighted by Crippen LogP contribution is -2.42. The van der Waals surface area contributed by atoms with Crippen molar-refractivity contribution in [1.82, 2.24) is 20.3 Å². The highest BCUT2D eigenvalue weighted by Gasteiger charge is 2.26. The number of carbonyl (C=O) groups excluding carboxylic acids is 1. The van der Waals surface area contributed by atoms with Gasteiger partial charge in [-0.25, -0.2) is 32.6 Å². The summed E-state index contributed by atoms with van der Waals surface area (Å²) in [6, 6.07) is 13.2. The van der Waals surface area contributed by atoms with Gasteiger partial charge in [0.05, 0.1) is 27.0 Å². The van der Waals surface area contributed by atoms with Crippen molar-refractivity contribution >= 4 is 51.0 Å². The van der Waals surface area contributed by atoms with Gasteiger partial charge in [0.2, 0.25) is 11.8 Å². The van der Waals surface area contributed by atoms with E-state index in [-0.39, 0.29) is 44.3 Å². The van der Waals surface area contributed by atoms with E-state index in [1.54, 1.807) is 30.5 Å². The number of alkyl carbamates (subject to hydrolysis) is 1. The number of hydrogen-bond acceptors (Lipinski definition) is 9. The van der Waals surface area contributed by atoms with Gasteiger partial charge in [0, 0.05) is 30.5 Å². The van der Waals surface area contributed by atoms with Gasteiger partial charge in [-0.05, 0) is 82.9 Å². The van der Waals surface area contributed by atoms with Crippen molar-refractivity contribution in [3.05, 3.63) is 82.9 Å². The SMILES string of the molecule is CC(C)(C)OC(=O)N[C@H]1CC[C@H](Nc2nccc(-c3cccnc3Oc3c(F)cc(NS(=O)(=O)c4ccccc4Cl)cc3Cl)n2)CC1. The molecule has 0 aliphatic heterocycles. The van der Waals surface area contributed by atoms with Crippen LogP contribution in [-0.4, -0.2) is 47.1 Å². The zero-order valence-corrected chi connectivity index (χ0v) is 28.1. The Kier molecular flexibility index (Phi) is 10.4. The predicted molar refractivity (Wildman–Crippen MR) is 178 cm³/mol. The number of benzene rings is 2. The number of nitrogens with one attached hydrogen (secondary N) is 3. The molecule has 5 rings (SSSR count). The standard InChI is InChI=1S/C32H33Cl2FN6O5S/c1-32(2,3)46-31(42)39-20-12-10-19(11-13-20)38-30-37-16-14-26(40-30)22-7-6-15-36-29(22)45-28-24(34)17-21(18-25(28)35)41-47(43,44)27-9-5-4-8-23(27)33/h4-9,14-20,41H,10-13H2,1-3H3,(H,39,42)(H,37,38,40)/t19-,20-. The van der Waals surface area contributed by atoms with Crippen molar-refractivity contribution in [2.45, 2.75) is 69.0 Å². The molecule has 0 unspecified atom stereocenters. The summed E-state index contributed by atoms with van der Waals surface area (Å²) >= 11 is 12.4. The molecule has 1 aliphatic carbocycles. The summed E-state index contributed by atoms with van der Waals surface area (Å²) < 4.78 is 54.5. The van der Waals surface area contributed by atoms with Crippen LogP contribution in [0.25, 0.3) is 11.3 Å². The number of ether oxygens (including phenoxy) is 2. The van der Waals surface area contributed by atoms with Gasteiger partial charge >= 0.3 is 6.09 Å². The summed E-state index contributed by atoms with van der Waals surface area (Å²) in [4.78, 5) is 25.2. The maximum absolute atomic E-state index is 15.3. The number of aromatic nitrogens is 3. The maximum atomic E-state index is 15.3. The van der Waals surface area contributed by atoms with E-state index in [1.165, 1.54) is 30.5 Å². The zero-order valence-electron chi connectivity index (χ0n) is 25.8. The molecule has 47 heavy (non-hydrogen) atoms. The zero-order chi connectivity index (χ0) is 33.8. The Morgan fingerprint density at radius 1 is 0.936 bits per heavy atom. The molecule has 4 aromatic rings. The van der Waals surface area contributed by atoms with Crippen molar-refractivity contribution in [2.75, 3.05) is 10.0 Å². The lowest BCUT2D eigenvalue weighted by atomic mass is 9.91. The largest absolute Gasteiger partial charge is 0.444 e. The molecule has 1 amide bonds. The second-order valence-corrected chi connectivity index (χ2v) is 14.3. The fourth-order valence-electron chi connectivity index (χ4n) is 4.97. The van der Waals surface area contributed by atoms with Crippen LogP contribution in [0.2, 0.25) is 10.0 Å². The van der Waals surface area contributed by atoms with Crippen LogP contribution in [0.3, 0.4) is 0 Å². The Labute approximate surface area is 282 Å². The van der Waals surface area contributed by atoms with Gasteiger partial charge in [0.1, 0.15) is 10.5 Å². The second-order valence-electron chi connectivity index (χ2n) is 11.9. The lowest BCUT2D eigenvalue weighted by Gasteiger charge is -2.30. The van der Waals surface area contributed by atoms with Crippen molar-refractivity contribution < 1.29 is 27.1 Å². The van der Waals surface area contributed by atoms with Crippen LogP contribution in [0, 0.1) is 5.82 Å². The molecule has 1 saturated carbocycles. The molecule has 248 valence electrons. The second kappa shape index (κ2) is 14.3. The third-order valence-electron chi connectivity index (χ3n) is 7.06. The average molecular weight is 704 g/mol. The Bertz CT molecular complexity index is 1840. The molecule has 11 nitrogen and oxygen atoms in total. The van der Waals surface area contributed by atoms with Gasteiger partial charge in [-0.15, -0.1) is 0 Å². The van der Waals surface area contributed by atoms with Crippen LogP contribution in [0.15, 0.2) is 71.9 Å². The van der Waals surface area contributed by atoms with Crippen LogP contribution in [-0.2, 0) is 14.8 Å².